The van der Waals surface area contributed by atoms with Crippen LogP contribution in [0.25, 0.3) is 0 Å². The van der Waals surface area contributed by atoms with Gasteiger partial charge in [-0.1, -0.05) is 18.2 Å². The Morgan fingerprint density at radius 3 is 2.95 bits per heavy atom. The van der Waals surface area contributed by atoms with Crippen molar-refractivity contribution in [3.05, 3.63) is 39.9 Å². The van der Waals surface area contributed by atoms with Gasteiger partial charge in [-0.25, -0.2) is 0 Å². The Morgan fingerprint density at radius 2 is 2.21 bits per heavy atom. The van der Waals surface area contributed by atoms with E-state index in [0.29, 0.717) is 12.5 Å². The molecule has 19 heavy (non-hydrogen) atoms. The zero-order valence-electron chi connectivity index (χ0n) is 11.0. The van der Waals surface area contributed by atoms with E-state index >= 15 is 0 Å². The molecule has 0 bridgehead atoms. The van der Waals surface area contributed by atoms with Crippen LogP contribution in [0.4, 0.5) is 5.69 Å². The molecular formula is C14H20N2O3. The monoisotopic (exact) mass is 264 g/mol. The maximum atomic E-state index is 10.9. The summed E-state index contributed by atoms with van der Waals surface area (Å²) in [6, 6.07) is 6.91. The third-order valence-corrected chi connectivity index (χ3v) is 3.41. The second kappa shape index (κ2) is 7.21. The molecule has 1 heterocycles. The molecular weight excluding hydrogens is 244 g/mol. The van der Waals surface area contributed by atoms with Crippen molar-refractivity contribution in [2.45, 2.75) is 31.8 Å². The Bertz CT molecular complexity index is 417. The predicted molar refractivity (Wildman–Crippen MR) is 73.3 cm³/mol. The van der Waals surface area contributed by atoms with Crippen molar-refractivity contribution < 1.29 is 9.66 Å². The molecule has 1 aromatic carbocycles. The van der Waals surface area contributed by atoms with E-state index in [1.54, 1.807) is 12.1 Å². The van der Waals surface area contributed by atoms with Crippen LogP contribution in [0.3, 0.4) is 0 Å². The summed E-state index contributed by atoms with van der Waals surface area (Å²) in [5.41, 5.74) is 0.989. The van der Waals surface area contributed by atoms with Crippen LogP contribution in [0.2, 0.25) is 0 Å². The van der Waals surface area contributed by atoms with Crippen LogP contribution in [-0.2, 0) is 11.2 Å². The van der Waals surface area contributed by atoms with Gasteiger partial charge < -0.3 is 10.1 Å². The summed E-state index contributed by atoms with van der Waals surface area (Å²) >= 11 is 0. The first-order valence-electron chi connectivity index (χ1n) is 6.82. The summed E-state index contributed by atoms with van der Waals surface area (Å²) in [5, 5.41) is 14.2. The molecule has 0 aliphatic carbocycles. The SMILES string of the molecule is O=[N+]([O-])c1ccccc1CCNCC1CCCCO1. The number of ether oxygens (including phenoxy) is 1. The first-order valence-corrected chi connectivity index (χ1v) is 6.82. The molecule has 0 aromatic heterocycles. The second-order valence-electron chi connectivity index (χ2n) is 4.83. The normalized spacial score (nSPS) is 19.3. The molecule has 0 amide bonds. The molecule has 1 atom stereocenters. The number of nitrogens with one attached hydrogen (secondary N) is 1. The van der Waals surface area contributed by atoms with Crippen molar-refractivity contribution in [1.82, 2.24) is 5.32 Å². The highest BCUT2D eigenvalue weighted by atomic mass is 16.6. The molecule has 2 rings (SSSR count). The molecule has 104 valence electrons. The van der Waals surface area contributed by atoms with Gasteiger partial charge in [-0.15, -0.1) is 0 Å². The fourth-order valence-corrected chi connectivity index (χ4v) is 2.35. The molecule has 5 nitrogen and oxygen atoms in total. The minimum atomic E-state index is -0.320. The lowest BCUT2D eigenvalue weighted by atomic mass is 10.1. The average molecular weight is 264 g/mol. The number of benzene rings is 1. The van der Waals surface area contributed by atoms with Gasteiger partial charge in [0.05, 0.1) is 11.0 Å². The van der Waals surface area contributed by atoms with E-state index < -0.39 is 0 Å². The standard InChI is InChI=1S/C14H20N2O3/c17-16(18)14-7-2-1-5-12(14)8-9-15-11-13-6-3-4-10-19-13/h1-2,5,7,13,15H,3-4,6,8-11H2. The molecule has 0 radical (unpaired) electrons. The van der Waals surface area contributed by atoms with Crippen molar-refractivity contribution in [3.8, 4) is 0 Å². The summed E-state index contributed by atoms with van der Waals surface area (Å²) in [6.45, 7) is 2.43. The number of hydrogen-bond donors (Lipinski definition) is 1. The molecule has 1 aliphatic rings. The zero-order valence-corrected chi connectivity index (χ0v) is 11.0. The lowest BCUT2D eigenvalue weighted by molar-refractivity contribution is -0.385. The van der Waals surface area contributed by atoms with Crippen LogP contribution in [-0.4, -0.2) is 30.7 Å². The van der Waals surface area contributed by atoms with E-state index in [4.69, 9.17) is 4.74 Å². The van der Waals surface area contributed by atoms with E-state index in [2.05, 4.69) is 5.32 Å². The molecule has 5 heteroatoms. The first kappa shape index (κ1) is 14.0. The summed E-state index contributed by atoms with van der Waals surface area (Å²) in [6.07, 6.45) is 4.48. The van der Waals surface area contributed by atoms with Crippen molar-refractivity contribution in [2.24, 2.45) is 0 Å². The average Bonchev–Trinajstić information content (AvgIpc) is 2.45. The van der Waals surface area contributed by atoms with Gasteiger partial charge in [-0.2, -0.15) is 0 Å². The van der Waals surface area contributed by atoms with E-state index in [1.807, 2.05) is 12.1 Å². The lowest BCUT2D eigenvalue weighted by Gasteiger charge is -2.22. The summed E-state index contributed by atoms with van der Waals surface area (Å²) in [7, 11) is 0. The van der Waals surface area contributed by atoms with Crippen molar-refractivity contribution in [2.75, 3.05) is 19.7 Å². The maximum Gasteiger partial charge on any atom is 0.272 e. The molecule has 0 spiro atoms. The van der Waals surface area contributed by atoms with Crippen molar-refractivity contribution in [3.63, 3.8) is 0 Å². The summed E-state index contributed by atoms with van der Waals surface area (Å²) < 4.78 is 5.62. The molecule has 1 aliphatic heterocycles. The second-order valence-corrected chi connectivity index (χ2v) is 4.83. The lowest BCUT2D eigenvalue weighted by Crippen LogP contribution is -2.32. The molecule has 0 saturated carbocycles. The molecule has 1 N–H and O–H groups in total. The Kier molecular flexibility index (Phi) is 5.30. The van der Waals surface area contributed by atoms with Crippen LogP contribution in [0.1, 0.15) is 24.8 Å². The van der Waals surface area contributed by atoms with E-state index in [9.17, 15) is 10.1 Å². The summed E-state index contributed by atoms with van der Waals surface area (Å²) in [5.74, 6) is 0. The van der Waals surface area contributed by atoms with Gasteiger partial charge in [0.25, 0.3) is 5.69 Å². The van der Waals surface area contributed by atoms with Gasteiger partial charge in [-0.3, -0.25) is 10.1 Å². The highest BCUT2D eigenvalue weighted by Gasteiger charge is 2.14. The maximum absolute atomic E-state index is 10.9. The number of rotatable bonds is 6. The van der Waals surface area contributed by atoms with Crippen LogP contribution in [0.5, 0.6) is 0 Å². The van der Waals surface area contributed by atoms with Gasteiger partial charge in [0.1, 0.15) is 0 Å². The number of nitrogens with zero attached hydrogens (tertiary/aromatic N) is 1. The van der Waals surface area contributed by atoms with Gasteiger partial charge >= 0.3 is 0 Å². The molecule has 1 fully saturated rings. The molecule has 1 unspecified atom stereocenters. The highest BCUT2D eigenvalue weighted by Crippen LogP contribution is 2.17. The summed E-state index contributed by atoms with van der Waals surface area (Å²) in [4.78, 5) is 10.5. The van der Waals surface area contributed by atoms with E-state index in [1.165, 1.54) is 6.42 Å². The third-order valence-electron chi connectivity index (χ3n) is 3.41. The fourth-order valence-electron chi connectivity index (χ4n) is 2.35. The first-order chi connectivity index (χ1) is 9.27. The Morgan fingerprint density at radius 1 is 1.37 bits per heavy atom. The van der Waals surface area contributed by atoms with Crippen LogP contribution in [0.15, 0.2) is 24.3 Å². The van der Waals surface area contributed by atoms with Crippen LogP contribution in [0, 0.1) is 10.1 Å². The number of para-hydroxylation sites is 1. The number of nitro benzene ring substituents is 1. The minimum absolute atomic E-state index is 0.207. The van der Waals surface area contributed by atoms with E-state index in [-0.39, 0.29) is 10.6 Å². The number of hydrogen-bond acceptors (Lipinski definition) is 4. The fraction of sp³-hybridized carbons (Fsp3) is 0.571. The minimum Gasteiger partial charge on any atom is -0.377 e. The van der Waals surface area contributed by atoms with Gasteiger partial charge in [-0.05, 0) is 32.2 Å². The topological polar surface area (TPSA) is 64.4 Å². The van der Waals surface area contributed by atoms with Crippen LogP contribution >= 0.6 is 0 Å². The Balaban J connectivity index is 1.74. The Hall–Kier alpha value is -1.46. The van der Waals surface area contributed by atoms with Gasteiger partial charge in [0, 0.05) is 24.8 Å². The third kappa shape index (κ3) is 4.29. The highest BCUT2D eigenvalue weighted by molar-refractivity contribution is 5.39. The zero-order chi connectivity index (χ0) is 13.5. The predicted octanol–water partition coefficient (Wildman–Crippen LogP) is 2.30. The van der Waals surface area contributed by atoms with Crippen molar-refractivity contribution >= 4 is 5.69 Å². The number of nitro groups is 1. The largest absolute Gasteiger partial charge is 0.377 e. The quantitative estimate of drug-likeness (QED) is 0.486. The smallest absolute Gasteiger partial charge is 0.272 e. The Labute approximate surface area is 113 Å². The van der Waals surface area contributed by atoms with Gasteiger partial charge in [0.2, 0.25) is 0 Å². The van der Waals surface area contributed by atoms with E-state index in [0.717, 1.165) is 38.1 Å². The van der Waals surface area contributed by atoms with Crippen LogP contribution < -0.4 is 5.32 Å². The molecule has 1 aromatic rings. The van der Waals surface area contributed by atoms with Gasteiger partial charge in [0.15, 0.2) is 0 Å². The molecule has 1 saturated heterocycles. The van der Waals surface area contributed by atoms with Crippen molar-refractivity contribution in [1.29, 1.82) is 0 Å².